The fourth-order valence-electron chi connectivity index (χ4n) is 2.69. The summed E-state index contributed by atoms with van der Waals surface area (Å²) in [5, 5.41) is 0. The second kappa shape index (κ2) is 12.9. The van der Waals surface area contributed by atoms with E-state index in [0.29, 0.717) is 13.0 Å². The molecule has 1 heterocycles. The molecule has 0 aliphatic carbocycles. The number of hydrogen-bond acceptors (Lipinski definition) is 9. The zero-order valence-corrected chi connectivity index (χ0v) is 18.3. The van der Waals surface area contributed by atoms with Crippen LogP contribution in [0.4, 0.5) is 0 Å². The average Bonchev–Trinajstić information content (AvgIpc) is 2.55. The van der Waals surface area contributed by atoms with E-state index in [2.05, 4.69) is 0 Å². The minimum absolute atomic E-state index is 0. The zero-order valence-electron chi connectivity index (χ0n) is 15.5. The van der Waals surface area contributed by atoms with Crippen LogP contribution in [0.25, 0.3) is 0 Å². The van der Waals surface area contributed by atoms with Gasteiger partial charge in [-0.25, -0.2) is 8.42 Å². The van der Waals surface area contributed by atoms with Gasteiger partial charge in [-0.15, -0.1) is 0 Å². The Bertz CT molecular complexity index is 448. The van der Waals surface area contributed by atoms with Crippen molar-refractivity contribution < 1.29 is 70.9 Å². The first-order valence-electron chi connectivity index (χ1n) is 7.65. The molecule has 0 aromatic heterocycles. The van der Waals surface area contributed by atoms with E-state index in [0.717, 1.165) is 0 Å². The van der Waals surface area contributed by atoms with Crippen molar-refractivity contribution in [3.05, 3.63) is 0 Å². The van der Waals surface area contributed by atoms with E-state index in [-0.39, 0.29) is 48.3 Å². The molecule has 1 fully saturated rings. The Morgan fingerprint density at radius 1 is 0.920 bits per heavy atom. The van der Waals surface area contributed by atoms with Crippen LogP contribution in [-0.2, 0) is 38.5 Å². The normalized spacial score (nSPS) is 30.0. The quantitative estimate of drug-likeness (QED) is 0.203. The van der Waals surface area contributed by atoms with Gasteiger partial charge >= 0.3 is 29.6 Å². The van der Waals surface area contributed by atoms with Gasteiger partial charge in [-0.2, -0.15) is 0 Å². The molecule has 144 valence electrons. The molecule has 1 aliphatic heterocycles. The van der Waals surface area contributed by atoms with Gasteiger partial charge in [0.15, 0.2) is 6.29 Å². The summed E-state index contributed by atoms with van der Waals surface area (Å²) < 4.78 is 64.5. The van der Waals surface area contributed by atoms with Crippen LogP contribution in [0.3, 0.4) is 0 Å². The molecule has 1 aliphatic rings. The maximum Gasteiger partial charge on any atom is 1.00 e. The third-order valence-corrected chi connectivity index (χ3v) is 4.64. The monoisotopic (exact) mass is 394 g/mol. The van der Waals surface area contributed by atoms with E-state index in [4.69, 9.17) is 28.4 Å². The maximum absolute atomic E-state index is 10.5. The van der Waals surface area contributed by atoms with Gasteiger partial charge in [0.25, 0.3) is 0 Å². The summed E-state index contributed by atoms with van der Waals surface area (Å²) in [6.07, 6.45) is -1.56. The molecule has 1 rings (SSSR count). The van der Waals surface area contributed by atoms with Crippen molar-refractivity contribution in [1.29, 1.82) is 0 Å². The number of unbranched alkanes of at least 4 members (excludes halogenated alkanes) is 1. The largest absolute Gasteiger partial charge is 1.00 e. The molecule has 11 heteroatoms. The predicted octanol–water partition coefficient (Wildman–Crippen LogP) is -3.25. The van der Waals surface area contributed by atoms with Crippen LogP contribution in [0.15, 0.2) is 0 Å². The van der Waals surface area contributed by atoms with Crippen molar-refractivity contribution in [2.45, 2.75) is 43.5 Å². The molecule has 25 heavy (non-hydrogen) atoms. The smallest absolute Gasteiger partial charge is 0.748 e. The van der Waals surface area contributed by atoms with Crippen molar-refractivity contribution in [2.24, 2.45) is 0 Å². The van der Waals surface area contributed by atoms with Crippen LogP contribution in [0, 0.1) is 0 Å². The van der Waals surface area contributed by atoms with E-state index in [1.54, 1.807) is 21.3 Å². The van der Waals surface area contributed by atoms with E-state index in [9.17, 15) is 13.0 Å². The first kappa shape index (κ1) is 25.7. The van der Waals surface area contributed by atoms with Crippen molar-refractivity contribution in [2.75, 3.05) is 47.4 Å². The Kier molecular flexibility index (Phi) is 13.3. The molecule has 0 bridgehead atoms. The Morgan fingerprint density at radius 2 is 1.52 bits per heavy atom. The van der Waals surface area contributed by atoms with Gasteiger partial charge in [-0.3, -0.25) is 0 Å². The molecule has 0 amide bonds. The first-order chi connectivity index (χ1) is 11.4. The molecule has 0 aromatic rings. The average molecular weight is 394 g/mol. The summed E-state index contributed by atoms with van der Waals surface area (Å²) in [5.41, 5.74) is 0. The van der Waals surface area contributed by atoms with Gasteiger partial charge < -0.3 is 33.0 Å². The standard InChI is InChI=1S/C14H28O9S.Na/c1-18-11-10(9-22-7-5-6-8-24(15,16)17)23-14(21-4)13(20-3)12(11)19-2;/h10-14H,5-9H2,1-4H3,(H,15,16,17);/q;+1/p-1/t10-,11-,12+,13-,14?;/m1./s1. The van der Waals surface area contributed by atoms with Gasteiger partial charge in [0.05, 0.1) is 16.7 Å². The molecular weight excluding hydrogens is 367 g/mol. The fraction of sp³-hybridized carbons (Fsp3) is 1.00. The van der Waals surface area contributed by atoms with Crippen LogP contribution in [0.2, 0.25) is 0 Å². The van der Waals surface area contributed by atoms with Gasteiger partial charge in [0.2, 0.25) is 0 Å². The summed E-state index contributed by atoms with van der Waals surface area (Å²) >= 11 is 0. The van der Waals surface area contributed by atoms with Crippen molar-refractivity contribution in [1.82, 2.24) is 0 Å². The SMILES string of the molecule is COC1O[C@H](COCCCCS(=O)(=O)[O-])[C@@H](OC)[C@H](OC)[C@H]1OC.[Na+]. The number of hydrogen-bond donors (Lipinski definition) is 0. The molecule has 9 nitrogen and oxygen atoms in total. The van der Waals surface area contributed by atoms with Crippen LogP contribution in [-0.4, -0.2) is 91.1 Å². The summed E-state index contributed by atoms with van der Waals surface area (Å²) in [6, 6.07) is 0. The van der Waals surface area contributed by atoms with Gasteiger partial charge in [0, 0.05) is 40.8 Å². The van der Waals surface area contributed by atoms with Gasteiger partial charge in [-0.05, 0) is 12.8 Å². The van der Waals surface area contributed by atoms with E-state index in [1.165, 1.54) is 7.11 Å². The summed E-state index contributed by atoms with van der Waals surface area (Å²) in [4.78, 5) is 0. The summed E-state index contributed by atoms with van der Waals surface area (Å²) in [7, 11) is 1.99. The molecule has 0 saturated carbocycles. The Balaban J connectivity index is 0.00000576. The molecule has 5 atom stereocenters. The minimum Gasteiger partial charge on any atom is -0.748 e. The first-order valence-corrected chi connectivity index (χ1v) is 9.23. The van der Waals surface area contributed by atoms with Crippen LogP contribution < -0.4 is 29.6 Å². The Labute approximate surface area is 171 Å². The van der Waals surface area contributed by atoms with Crippen LogP contribution >= 0.6 is 0 Å². The number of ether oxygens (including phenoxy) is 6. The third-order valence-electron chi connectivity index (χ3n) is 3.86. The number of methoxy groups -OCH3 is 4. The molecule has 1 unspecified atom stereocenters. The summed E-state index contributed by atoms with van der Waals surface area (Å²) in [6.45, 7) is 0.535. The minimum atomic E-state index is -4.17. The molecule has 1 saturated heterocycles. The topological polar surface area (TPSA) is 113 Å². The van der Waals surface area contributed by atoms with Gasteiger partial charge in [0.1, 0.15) is 24.4 Å². The Hall–Kier alpha value is 0.670. The van der Waals surface area contributed by atoms with Crippen molar-refractivity contribution >= 4 is 10.1 Å². The van der Waals surface area contributed by atoms with Crippen molar-refractivity contribution in [3.63, 3.8) is 0 Å². The van der Waals surface area contributed by atoms with E-state index < -0.39 is 40.8 Å². The van der Waals surface area contributed by atoms with E-state index >= 15 is 0 Å². The fourth-order valence-corrected chi connectivity index (χ4v) is 3.24. The molecule has 0 aromatic carbocycles. The predicted molar refractivity (Wildman–Crippen MR) is 82.7 cm³/mol. The van der Waals surface area contributed by atoms with Crippen LogP contribution in [0.1, 0.15) is 12.8 Å². The second-order valence-corrected chi connectivity index (χ2v) is 6.95. The molecule has 0 spiro atoms. The third kappa shape index (κ3) is 8.48. The second-order valence-electron chi connectivity index (χ2n) is 5.42. The van der Waals surface area contributed by atoms with Crippen molar-refractivity contribution in [3.8, 4) is 0 Å². The van der Waals surface area contributed by atoms with Crippen LogP contribution in [0.5, 0.6) is 0 Å². The van der Waals surface area contributed by atoms with Gasteiger partial charge in [-0.1, -0.05) is 0 Å². The molecule has 0 N–H and O–H groups in total. The molecule has 0 radical (unpaired) electrons. The molecular formula is C14H27NaO9S. The maximum atomic E-state index is 10.5. The Morgan fingerprint density at radius 3 is 2.00 bits per heavy atom. The summed E-state index contributed by atoms with van der Waals surface area (Å²) in [5.74, 6) is -0.385. The van der Waals surface area contributed by atoms with E-state index in [1.807, 2.05) is 0 Å². The number of rotatable bonds is 11. The zero-order chi connectivity index (χ0) is 18.2.